The number of nitrogens with zero attached hydrogens (tertiary/aromatic N) is 2. The number of methoxy groups -OCH3 is 1. The van der Waals surface area contributed by atoms with E-state index < -0.39 is 40.8 Å². The number of pyridine rings is 1. The number of hydrogen-bond donors (Lipinski definition) is 1. The van der Waals surface area contributed by atoms with Crippen molar-refractivity contribution < 1.29 is 32.2 Å². The molecular weight excluding hydrogens is 575 g/mol. The third-order valence-electron chi connectivity index (χ3n) is 7.18. The van der Waals surface area contributed by atoms with Crippen molar-refractivity contribution in [3.8, 4) is 23.1 Å². The Morgan fingerprint density at radius 1 is 1.11 bits per heavy atom. The van der Waals surface area contributed by atoms with Gasteiger partial charge in [0, 0.05) is 12.0 Å². The van der Waals surface area contributed by atoms with Crippen molar-refractivity contribution in [2.75, 3.05) is 7.11 Å². The minimum atomic E-state index is -4.92. The summed E-state index contributed by atoms with van der Waals surface area (Å²) >= 11 is 0. The average molecular weight is 606 g/mol. The number of carbonyl (C=O) groups excluding carboxylic acids is 2. The monoisotopic (exact) mass is 605 g/mol. The number of nitriles is 1. The molecule has 11 heteroatoms. The van der Waals surface area contributed by atoms with E-state index >= 15 is 0 Å². The van der Waals surface area contributed by atoms with Crippen LogP contribution in [0.4, 0.5) is 13.2 Å². The minimum absolute atomic E-state index is 0.00801. The quantitative estimate of drug-likeness (QED) is 0.329. The molecular formula is C33H30F3N3O5. The zero-order valence-electron chi connectivity index (χ0n) is 24.5. The Kier molecular flexibility index (Phi) is 9.43. The van der Waals surface area contributed by atoms with Gasteiger partial charge in [0.2, 0.25) is 0 Å². The van der Waals surface area contributed by atoms with Gasteiger partial charge < -0.3 is 19.4 Å². The predicted octanol–water partition coefficient (Wildman–Crippen LogP) is 5.73. The number of amides is 1. The Hall–Kier alpha value is -5.11. The molecule has 0 saturated carbocycles. The van der Waals surface area contributed by atoms with Crippen LogP contribution in [0.15, 0.2) is 76.8 Å². The fourth-order valence-electron chi connectivity index (χ4n) is 4.84. The van der Waals surface area contributed by atoms with E-state index in [1.54, 1.807) is 30.4 Å². The van der Waals surface area contributed by atoms with Crippen molar-refractivity contribution in [2.24, 2.45) is 0 Å². The molecule has 1 N–H and O–H groups in total. The van der Waals surface area contributed by atoms with Gasteiger partial charge in [-0.05, 0) is 80.3 Å². The van der Waals surface area contributed by atoms with Crippen molar-refractivity contribution in [1.29, 1.82) is 5.26 Å². The number of aryl methyl sites for hydroxylation is 2. The highest BCUT2D eigenvalue weighted by Gasteiger charge is 2.36. The molecule has 44 heavy (non-hydrogen) atoms. The summed E-state index contributed by atoms with van der Waals surface area (Å²) in [7, 11) is 1.22. The van der Waals surface area contributed by atoms with Gasteiger partial charge in [-0.3, -0.25) is 9.59 Å². The van der Waals surface area contributed by atoms with Gasteiger partial charge in [0.05, 0.1) is 24.9 Å². The summed E-state index contributed by atoms with van der Waals surface area (Å²) in [5.74, 6) is -0.223. The molecule has 0 saturated heterocycles. The number of halogens is 3. The smallest absolute Gasteiger partial charge is 0.417 e. The third kappa shape index (κ3) is 7.09. The van der Waals surface area contributed by atoms with E-state index in [9.17, 15) is 32.8 Å². The lowest BCUT2D eigenvalue weighted by Gasteiger charge is -2.19. The molecule has 0 aliphatic heterocycles. The Labute approximate surface area is 252 Å². The van der Waals surface area contributed by atoms with Crippen LogP contribution < -0.4 is 15.6 Å². The molecule has 1 aliphatic carbocycles. The van der Waals surface area contributed by atoms with E-state index in [0.717, 1.165) is 22.8 Å². The number of allylic oxidation sites excluding steroid dienone is 2. The van der Waals surface area contributed by atoms with Crippen LogP contribution in [0.2, 0.25) is 0 Å². The van der Waals surface area contributed by atoms with Gasteiger partial charge in [-0.1, -0.05) is 29.8 Å². The molecule has 1 atom stereocenters. The number of nitrogens with one attached hydrogen (secondary N) is 1. The molecule has 1 aromatic heterocycles. The zero-order chi connectivity index (χ0) is 32.2. The average Bonchev–Trinajstić information content (AvgIpc) is 2.98. The second kappa shape index (κ2) is 13.0. The maximum absolute atomic E-state index is 13.9. The number of alkyl halides is 3. The highest BCUT2D eigenvalue weighted by Crippen LogP contribution is 2.34. The SMILES string of the molecule is COC(=O)[C@@H](C)NC(=O)C1=CCCC(Oc2ccc(-c3cc(C(F)(F)F)c(C#N)c(=O)n3Cc3ccc(C)cc3C)cc2)=C1. The Balaban J connectivity index is 1.66. The summed E-state index contributed by atoms with van der Waals surface area (Å²) in [5, 5.41) is 12.1. The molecule has 0 spiro atoms. The van der Waals surface area contributed by atoms with Crippen LogP contribution in [0.5, 0.6) is 5.75 Å². The van der Waals surface area contributed by atoms with Crippen LogP contribution in [-0.4, -0.2) is 29.6 Å². The van der Waals surface area contributed by atoms with Gasteiger partial charge in [-0.2, -0.15) is 18.4 Å². The maximum atomic E-state index is 13.9. The molecule has 228 valence electrons. The van der Waals surface area contributed by atoms with Crippen molar-refractivity contribution in [1.82, 2.24) is 9.88 Å². The summed E-state index contributed by atoms with van der Waals surface area (Å²) < 4.78 is 53.6. The fraction of sp³-hybridized carbons (Fsp3) is 0.273. The van der Waals surface area contributed by atoms with Gasteiger partial charge in [-0.15, -0.1) is 0 Å². The van der Waals surface area contributed by atoms with Crippen LogP contribution in [0.25, 0.3) is 11.3 Å². The first-order valence-corrected chi connectivity index (χ1v) is 13.7. The molecule has 4 rings (SSSR count). The number of carbonyl (C=O) groups is 2. The fourth-order valence-corrected chi connectivity index (χ4v) is 4.84. The molecule has 8 nitrogen and oxygen atoms in total. The lowest BCUT2D eigenvalue weighted by molar-refractivity contribution is -0.144. The summed E-state index contributed by atoms with van der Waals surface area (Å²) in [6.07, 6.45) is -0.650. The molecule has 0 unspecified atom stereocenters. The number of rotatable bonds is 8. The zero-order valence-corrected chi connectivity index (χ0v) is 24.5. The second-order valence-corrected chi connectivity index (χ2v) is 10.4. The Morgan fingerprint density at radius 3 is 2.43 bits per heavy atom. The lowest BCUT2D eigenvalue weighted by Crippen LogP contribution is -2.39. The van der Waals surface area contributed by atoms with Crippen molar-refractivity contribution >= 4 is 11.9 Å². The van der Waals surface area contributed by atoms with E-state index in [-0.39, 0.29) is 12.2 Å². The standard InChI is InChI=1S/C33H30F3N3O5/c1-19-8-9-24(20(2)14-19)18-39-29(16-28(33(34,35)36)27(17-37)31(39)41)22-10-12-25(13-11-22)44-26-7-5-6-23(15-26)30(40)38-21(3)32(42)43-4/h6,8-16,21H,5,7,18H2,1-4H3,(H,38,40)/t21-/m1/s1. The first kappa shape index (κ1) is 31.8. The number of ether oxygens (including phenoxy) is 2. The number of aromatic nitrogens is 1. The molecule has 0 radical (unpaired) electrons. The number of esters is 1. The second-order valence-electron chi connectivity index (χ2n) is 10.4. The van der Waals surface area contributed by atoms with Gasteiger partial charge >= 0.3 is 12.1 Å². The molecule has 0 fully saturated rings. The summed E-state index contributed by atoms with van der Waals surface area (Å²) in [5.41, 5.74) is -0.127. The highest BCUT2D eigenvalue weighted by molar-refractivity contribution is 5.98. The van der Waals surface area contributed by atoms with Crippen LogP contribution in [0.1, 0.15) is 47.6 Å². The topological polar surface area (TPSA) is 110 Å². The molecule has 0 bridgehead atoms. The van der Waals surface area contributed by atoms with Gasteiger partial charge in [0.25, 0.3) is 11.5 Å². The molecule has 3 aromatic rings. The van der Waals surface area contributed by atoms with E-state index in [0.29, 0.717) is 35.5 Å². The van der Waals surface area contributed by atoms with Crippen LogP contribution >= 0.6 is 0 Å². The van der Waals surface area contributed by atoms with Crippen molar-refractivity contribution in [3.63, 3.8) is 0 Å². The van der Waals surface area contributed by atoms with Crippen molar-refractivity contribution in [3.05, 3.63) is 110 Å². The highest BCUT2D eigenvalue weighted by atomic mass is 19.4. The number of benzene rings is 2. The first-order valence-electron chi connectivity index (χ1n) is 13.7. The molecule has 1 aliphatic rings. The van der Waals surface area contributed by atoms with Gasteiger partial charge in [0.15, 0.2) is 0 Å². The van der Waals surface area contributed by atoms with Crippen LogP contribution in [-0.2, 0) is 27.0 Å². The van der Waals surface area contributed by atoms with Gasteiger partial charge in [0.1, 0.15) is 29.2 Å². The Bertz CT molecular complexity index is 1760. The van der Waals surface area contributed by atoms with E-state index in [1.165, 1.54) is 36.8 Å². The largest absolute Gasteiger partial charge is 0.467 e. The molecule has 2 aromatic carbocycles. The summed E-state index contributed by atoms with van der Waals surface area (Å²) in [4.78, 5) is 37.5. The molecule has 1 heterocycles. The third-order valence-corrected chi connectivity index (χ3v) is 7.18. The molecule has 1 amide bonds. The van der Waals surface area contributed by atoms with E-state index in [4.69, 9.17) is 4.74 Å². The lowest BCUT2D eigenvalue weighted by atomic mass is 10.0. The Morgan fingerprint density at radius 2 is 1.82 bits per heavy atom. The van der Waals surface area contributed by atoms with Crippen molar-refractivity contribution in [2.45, 2.75) is 52.4 Å². The van der Waals surface area contributed by atoms with E-state index in [2.05, 4.69) is 10.1 Å². The predicted molar refractivity (Wildman–Crippen MR) is 157 cm³/mol. The summed E-state index contributed by atoms with van der Waals surface area (Å²) in [6, 6.07) is 13.1. The van der Waals surface area contributed by atoms with Crippen LogP contribution in [0, 0.1) is 25.2 Å². The minimum Gasteiger partial charge on any atom is -0.467 e. The van der Waals surface area contributed by atoms with Crippen LogP contribution in [0.3, 0.4) is 0 Å². The first-order chi connectivity index (χ1) is 20.8. The normalized spacial score (nSPS) is 13.7. The van der Waals surface area contributed by atoms with E-state index in [1.807, 2.05) is 26.0 Å². The number of hydrogen-bond acceptors (Lipinski definition) is 6. The maximum Gasteiger partial charge on any atom is 0.417 e. The summed E-state index contributed by atoms with van der Waals surface area (Å²) in [6.45, 7) is 5.22. The van der Waals surface area contributed by atoms with Gasteiger partial charge in [-0.25, -0.2) is 4.79 Å².